The number of aliphatic hydroxyl groups is 1. The lowest BCUT2D eigenvalue weighted by molar-refractivity contribution is -0.275. The number of piperazine rings is 1. The van der Waals surface area contributed by atoms with E-state index in [-0.39, 0.29) is 12.4 Å². The molecule has 0 aliphatic carbocycles. The van der Waals surface area contributed by atoms with E-state index >= 15 is 0 Å². The maximum atomic E-state index is 12.8. The fourth-order valence-corrected chi connectivity index (χ4v) is 3.47. The van der Waals surface area contributed by atoms with Crippen LogP contribution in [0.4, 0.5) is 13.2 Å². The number of halogens is 4. The van der Waals surface area contributed by atoms with Crippen molar-refractivity contribution in [3.63, 3.8) is 0 Å². The van der Waals surface area contributed by atoms with E-state index in [4.69, 9.17) is 0 Å². The first-order valence-corrected chi connectivity index (χ1v) is 8.54. The molecule has 0 amide bonds. The van der Waals surface area contributed by atoms with Gasteiger partial charge in [0, 0.05) is 54.3 Å². The van der Waals surface area contributed by atoms with Crippen LogP contribution in [0.1, 0.15) is 25.5 Å². The fourth-order valence-electron chi connectivity index (χ4n) is 3.09. The molecule has 4 nitrogen and oxygen atoms in total. The van der Waals surface area contributed by atoms with Crippen LogP contribution in [0.2, 0.25) is 0 Å². The summed E-state index contributed by atoms with van der Waals surface area (Å²) in [5.74, 6) is -0.226. The van der Waals surface area contributed by atoms with Crippen LogP contribution >= 0.6 is 15.9 Å². The lowest BCUT2D eigenvalue weighted by Crippen LogP contribution is -2.49. The lowest BCUT2D eigenvalue weighted by Gasteiger charge is -2.44. The molecule has 1 fully saturated rings. The molecule has 8 heteroatoms. The van der Waals surface area contributed by atoms with Crippen molar-refractivity contribution in [3.05, 3.63) is 28.2 Å². The van der Waals surface area contributed by atoms with Gasteiger partial charge in [0.2, 0.25) is 0 Å². The summed E-state index contributed by atoms with van der Waals surface area (Å²) in [6, 6.07) is 4.07. The molecule has 0 radical (unpaired) electrons. The highest BCUT2D eigenvalue weighted by atomic mass is 79.9. The number of aliphatic hydroxyl groups excluding tert-OH is 1. The molecule has 1 aliphatic heterocycles. The fraction of sp³-hybridized carbons (Fsp3) is 0.625. The summed E-state index contributed by atoms with van der Waals surface area (Å²) in [6.07, 6.45) is -4.76. The molecular formula is C16H22BrF3N2O2. The molecular weight excluding hydrogens is 389 g/mol. The standard InChI is InChI=1S/C16H22BrF3N2O2/c1-15(2,10-23)14(22-7-5-21-6-8-22)12-9-11(17)3-4-13(12)24-16(18,19)20/h3-4,9,14,21,23H,5-8,10H2,1-2H3/t14-/m0/s1. The first kappa shape index (κ1) is 19.5. The third-order valence-corrected chi connectivity index (χ3v) is 4.65. The molecule has 136 valence electrons. The monoisotopic (exact) mass is 410 g/mol. The summed E-state index contributed by atoms with van der Waals surface area (Å²) in [6.45, 7) is 6.41. The maximum Gasteiger partial charge on any atom is 0.573 e. The van der Waals surface area contributed by atoms with E-state index in [9.17, 15) is 18.3 Å². The first-order valence-electron chi connectivity index (χ1n) is 7.75. The van der Waals surface area contributed by atoms with Crippen LogP contribution in [0.15, 0.2) is 22.7 Å². The normalized spacial score (nSPS) is 18.5. The molecule has 0 spiro atoms. The molecule has 0 unspecified atom stereocenters. The van der Waals surface area contributed by atoms with Gasteiger partial charge in [0.25, 0.3) is 0 Å². The average Bonchev–Trinajstić information content (AvgIpc) is 2.50. The van der Waals surface area contributed by atoms with Gasteiger partial charge in [0.15, 0.2) is 0 Å². The van der Waals surface area contributed by atoms with Gasteiger partial charge >= 0.3 is 6.36 Å². The van der Waals surface area contributed by atoms with E-state index in [0.717, 1.165) is 13.1 Å². The minimum atomic E-state index is -4.76. The summed E-state index contributed by atoms with van der Waals surface area (Å²) < 4.78 is 43.3. The van der Waals surface area contributed by atoms with Crippen LogP contribution < -0.4 is 10.1 Å². The second-order valence-electron chi connectivity index (χ2n) is 6.57. The minimum Gasteiger partial charge on any atom is -0.405 e. The van der Waals surface area contributed by atoms with E-state index in [1.807, 2.05) is 13.8 Å². The van der Waals surface area contributed by atoms with Gasteiger partial charge in [-0.05, 0) is 18.2 Å². The number of ether oxygens (including phenoxy) is 1. The minimum absolute atomic E-state index is 0.153. The Morgan fingerprint density at radius 3 is 2.46 bits per heavy atom. The van der Waals surface area contributed by atoms with Gasteiger partial charge in [0.05, 0.1) is 0 Å². The van der Waals surface area contributed by atoms with E-state index in [0.29, 0.717) is 23.1 Å². The van der Waals surface area contributed by atoms with Gasteiger partial charge in [-0.15, -0.1) is 13.2 Å². The van der Waals surface area contributed by atoms with E-state index in [1.54, 1.807) is 6.07 Å². The number of nitrogens with zero attached hydrogens (tertiary/aromatic N) is 1. The molecule has 0 aromatic heterocycles. The lowest BCUT2D eigenvalue weighted by atomic mass is 9.79. The Hall–Kier alpha value is -0.830. The average molecular weight is 411 g/mol. The number of rotatable bonds is 5. The van der Waals surface area contributed by atoms with Crippen molar-refractivity contribution in [2.24, 2.45) is 5.41 Å². The van der Waals surface area contributed by atoms with Crippen molar-refractivity contribution in [1.82, 2.24) is 10.2 Å². The smallest absolute Gasteiger partial charge is 0.405 e. The zero-order chi connectivity index (χ0) is 18.0. The molecule has 1 heterocycles. The Morgan fingerprint density at radius 2 is 1.92 bits per heavy atom. The molecule has 24 heavy (non-hydrogen) atoms. The van der Waals surface area contributed by atoms with Gasteiger partial charge in [-0.1, -0.05) is 29.8 Å². The Morgan fingerprint density at radius 1 is 1.29 bits per heavy atom. The van der Waals surface area contributed by atoms with Crippen LogP contribution in [0.3, 0.4) is 0 Å². The molecule has 2 rings (SSSR count). The summed E-state index contributed by atoms with van der Waals surface area (Å²) in [5.41, 5.74) is -0.218. The second-order valence-corrected chi connectivity index (χ2v) is 7.48. The van der Waals surface area contributed by atoms with Gasteiger partial charge in [-0.3, -0.25) is 4.90 Å². The highest BCUT2D eigenvalue weighted by Gasteiger charge is 2.40. The third-order valence-electron chi connectivity index (χ3n) is 4.16. The summed E-state index contributed by atoms with van der Waals surface area (Å²) in [4.78, 5) is 2.09. The van der Waals surface area contributed by atoms with Crippen molar-refractivity contribution in [3.8, 4) is 5.75 Å². The van der Waals surface area contributed by atoms with Gasteiger partial charge < -0.3 is 15.2 Å². The van der Waals surface area contributed by atoms with E-state index in [1.165, 1.54) is 12.1 Å². The van der Waals surface area contributed by atoms with Crippen LogP contribution in [0, 0.1) is 5.41 Å². The first-order chi connectivity index (χ1) is 11.1. The van der Waals surface area contributed by atoms with Crippen molar-refractivity contribution in [2.75, 3.05) is 32.8 Å². The van der Waals surface area contributed by atoms with Crippen LogP contribution in [0.25, 0.3) is 0 Å². The SMILES string of the molecule is CC(C)(CO)[C@H](c1cc(Br)ccc1OC(F)(F)F)N1CCNCC1. The zero-order valence-electron chi connectivity index (χ0n) is 13.7. The van der Waals surface area contributed by atoms with Crippen LogP contribution in [0.5, 0.6) is 5.75 Å². The Balaban J connectivity index is 2.50. The molecule has 1 aromatic rings. The Kier molecular flexibility index (Phi) is 6.17. The number of nitrogens with one attached hydrogen (secondary N) is 1. The van der Waals surface area contributed by atoms with Crippen molar-refractivity contribution < 1.29 is 23.0 Å². The number of alkyl halides is 3. The summed E-state index contributed by atoms with van der Waals surface area (Å²) in [5, 5.41) is 13.1. The van der Waals surface area contributed by atoms with Crippen molar-refractivity contribution >= 4 is 15.9 Å². The molecule has 0 bridgehead atoms. The predicted octanol–water partition coefficient (Wildman–Crippen LogP) is 3.31. The molecule has 1 saturated heterocycles. The Bertz CT molecular complexity index is 561. The number of hydrogen-bond donors (Lipinski definition) is 2. The highest BCUT2D eigenvalue weighted by molar-refractivity contribution is 9.10. The number of benzene rings is 1. The van der Waals surface area contributed by atoms with Crippen molar-refractivity contribution in [1.29, 1.82) is 0 Å². The molecule has 0 saturated carbocycles. The molecule has 1 atom stereocenters. The summed E-state index contributed by atoms with van der Waals surface area (Å²) in [7, 11) is 0. The number of hydrogen-bond acceptors (Lipinski definition) is 4. The Labute approximate surface area is 148 Å². The van der Waals surface area contributed by atoms with E-state index < -0.39 is 17.8 Å². The topological polar surface area (TPSA) is 44.7 Å². The quantitative estimate of drug-likeness (QED) is 0.781. The van der Waals surface area contributed by atoms with Gasteiger partial charge in [-0.25, -0.2) is 0 Å². The second kappa shape index (κ2) is 7.59. The third kappa shape index (κ3) is 4.84. The van der Waals surface area contributed by atoms with Crippen LogP contribution in [-0.2, 0) is 0 Å². The van der Waals surface area contributed by atoms with Crippen LogP contribution in [-0.4, -0.2) is 49.2 Å². The largest absolute Gasteiger partial charge is 0.573 e. The summed E-state index contributed by atoms with van der Waals surface area (Å²) >= 11 is 3.33. The van der Waals surface area contributed by atoms with E-state index in [2.05, 4.69) is 30.9 Å². The van der Waals surface area contributed by atoms with Crippen molar-refractivity contribution in [2.45, 2.75) is 26.3 Å². The molecule has 1 aliphatic rings. The van der Waals surface area contributed by atoms with Gasteiger partial charge in [-0.2, -0.15) is 0 Å². The molecule has 2 N–H and O–H groups in total. The van der Waals surface area contributed by atoms with Gasteiger partial charge in [0.1, 0.15) is 5.75 Å². The zero-order valence-corrected chi connectivity index (χ0v) is 15.2. The highest BCUT2D eigenvalue weighted by Crippen LogP contribution is 2.44. The maximum absolute atomic E-state index is 12.8. The molecule has 1 aromatic carbocycles. The predicted molar refractivity (Wildman–Crippen MR) is 88.9 cm³/mol.